The largest absolute Gasteiger partial charge is 0.399 e. The van der Waals surface area contributed by atoms with Gasteiger partial charge in [-0.2, -0.15) is 11.8 Å². The van der Waals surface area contributed by atoms with Gasteiger partial charge in [-0.25, -0.2) is 0 Å². The van der Waals surface area contributed by atoms with Crippen LogP contribution in [0.4, 0.5) is 5.69 Å². The molecule has 0 bridgehead atoms. The lowest BCUT2D eigenvalue weighted by atomic mass is 10.2. The van der Waals surface area contributed by atoms with Crippen molar-refractivity contribution in [2.75, 3.05) is 43.4 Å². The average Bonchev–Trinajstić information content (AvgIpc) is 2.46. The lowest BCUT2D eigenvalue weighted by Gasteiger charge is -2.25. The van der Waals surface area contributed by atoms with E-state index in [-0.39, 0.29) is 5.91 Å². The molecule has 1 aromatic rings. The van der Waals surface area contributed by atoms with Gasteiger partial charge in [0.1, 0.15) is 0 Å². The monoisotopic (exact) mass is 291 g/mol. The van der Waals surface area contributed by atoms with Gasteiger partial charge in [-0.05, 0) is 23.8 Å². The van der Waals surface area contributed by atoms with Gasteiger partial charge >= 0.3 is 0 Å². The van der Waals surface area contributed by atoms with E-state index in [1.807, 2.05) is 36.0 Å². The molecule has 1 heterocycles. The fourth-order valence-corrected chi connectivity index (χ4v) is 3.03. The zero-order valence-electron chi connectivity index (χ0n) is 11.5. The SMILES string of the molecule is Nc1cccc(/C=C/C(=O)NCCN2CCSCC2)c1. The summed E-state index contributed by atoms with van der Waals surface area (Å²) in [5, 5.41) is 2.91. The smallest absolute Gasteiger partial charge is 0.244 e. The van der Waals surface area contributed by atoms with E-state index in [0.717, 1.165) is 25.2 Å². The molecule has 20 heavy (non-hydrogen) atoms. The zero-order chi connectivity index (χ0) is 14.2. The van der Waals surface area contributed by atoms with Gasteiger partial charge in [0.2, 0.25) is 5.91 Å². The molecule has 1 aromatic carbocycles. The van der Waals surface area contributed by atoms with E-state index < -0.39 is 0 Å². The first kappa shape index (κ1) is 14.9. The summed E-state index contributed by atoms with van der Waals surface area (Å²) in [6, 6.07) is 7.47. The molecule has 0 aliphatic carbocycles. The van der Waals surface area contributed by atoms with Crippen LogP contribution in [0.1, 0.15) is 5.56 Å². The molecule has 0 aromatic heterocycles. The number of amides is 1. The molecule has 1 saturated heterocycles. The molecule has 0 spiro atoms. The quantitative estimate of drug-likeness (QED) is 0.637. The number of anilines is 1. The van der Waals surface area contributed by atoms with Crippen LogP contribution in [0, 0.1) is 0 Å². The zero-order valence-corrected chi connectivity index (χ0v) is 12.4. The van der Waals surface area contributed by atoms with Crippen molar-refractivity contribution in [1.29, 1.82) is 0 Å². The van der Waals surface area contributed by atoms with Gasteiger partial charge < -0.3 is 11.1 Å². The summed E-state index contributed by atoms with van der Waals surface area (Å²) in [6.45, 7) is 3.88. The second-order valence-corrected chi connectivity index (χ2v) is 5.97. The number of nitrogens with one attached hydrogen (secondary N) is 1. The Morgan fingerprint density at radius 3 is 2.95 bits per heavy atom. The summed E-state index contributed by atoms with van der Waals surface area (Å²) < 4.78 is 0. The maximum absolute atomic E-state index is 11.7. The van der Waals surface area contributed by atoms with Crippen LogP contribution in [-0.2, 0) is 4.79 Å². The Morgan fingerprint density at radius 2 is 2.20 bits per heavy atom. The molecule has 0 unspecified atom stereocenters. The van der Waals surface area contributed by atoms with Crippen LogP contribution in [0.15, 0.2) is 30.3 Å². The second-order valence-electron chi connectivity index (χ2n) is 4.75. The van der Waals surface area contributed by atoms with E-state index in [1.165, 1.54) is 11.5 Å². The highest BCUT2D eigenvalue weighted by Crippen LogP contribution is 2.08. The molecule has 0 radical (unpaired) electrons. The maximum atomic E-state index is 11.7. The van der Waals surface area contributed by atoms with Crippen molar-refractivity contribution in [1.82, 2.24) is 10.2 Å². The van der Waals surface area contributed by atoms with Crippen molar-refractivity contribution in [2.45, 2.75) is 0 Å². The van der Waals surface area contributed by atoms with Gasteiger partial charge in [0, 0.05) is 49.4 Å². The Bertz CT molecular complexity index is 470. The topological polar surface area (TPSA) is 58.4 Å². The van der Waals surface area contributed by atoms with Gasteiger partial charge in [0.15, 0.2) is 0 Å². The summed E-state index contributed by atoms with van der Waals surface area (Å²) in [7, 11) is 0. The molecule has 1 amide bonds. The third-order valence-electron chi connectivity index (χ3n) is 3.17. The van der Waals surface area contributed by atoms with Crippen LogP contribution >= 0.6 is 11.8 Å². The van der Waals surface area contributed by atoms with Crippen LogP contribution in [0.5, 0.6) is 0 Å². The molecule has 3 N–H and O–H groups in total. The van der Waals surface area contributed by atoms with Crippen molar-refractivity contribution in [3.63, 3.8) is 0 Å². The summed E-state index contributed by atoms with van der Waals surface area (Å²) in [6.07, 6.45) is 3.34. The number of nitrogen functional groups attached to an aromatic ring is 1. The standard InChI is InChI=1S/C15H21N3OS/c16-14-3-1-2-13(12-14)4-5-15(19)17-6-7-18-8-10-20-11-9-18/h1-5,12H,6-11,16H2,(H,17,19)/b5-4+. The van der Waals surface area contributed by atoms with Gasteiger partial charge in [-0.3, -0.25) is 9.69 Å². The van der Waals surface area contributed by atoms with Crippen molar-refractivity contribution in [3.8, 4) is 0 Å². The average molecular weight is 291 g/mol. The molecule has 4 nitrogen and oxygen atoms in total. The van der Waals surface area contributed by atoms with Gasteiger partial charge in [-0.15, -0.1) is 0 Å². The summed E-state index contributed by atoms with van der Waals surface area (Å²) in [5.74, 6) is 2.34. The van der Waals surface area contributed by atoms with Gasteiger partial charge in [0.25, 0.3) is 0 Å². The van der Waals surface area contributed by atoms with Crippen molar-refractivity contribution < 1.29 is 4.79 Å². The molecular weight excluding hydrogens is 270 g/mol. The van der Waals surface area contributed by atoms with Crippen molar-refractivity contribution in [2.24, 2.45) is 0 Å². The summed E-state index contributed by atoms with van der Waals surface area (Å²) in [4.78, 5) is 14.1. The van der Waals surface area contributed by atoms with Crippen LogP contribution in [-0.4, -0.2) is 48.5 Å². The molecular formula is C15H21N3OS. The van der Waals surface area contributed by atoms with Crippen molar-refractivity contribution in [3.05, 3.63) is 35.9 Å². The first-order chi connectivity index (χ1) is 9.74. The predicted octanol–water partition coefficient (Wildman–Crippen LogP) is 1.45. The minimum atomic E-state index is -0.0567. The van der Waals surface area contributed by atoms with E-state index in [0.29, 0.717) is 12.2 Å². The molecule has 1 aliphatic rings. The predicted molar refractivity (Wildman–Crippen MR) is 86.7 cm³/mol. The highest BCUT2D eigenvalue weighted by atomic mass is 32.2. The third kappa shape index (κ3) is 5.27. The molecule has 1 aliphatic heterocycles. The number of benzene rings is 1. The van der Waals surface area contributed by atoms with E-state index in [9.17, 15) is 4.79 Å². The normalized spacial score (nSPS) is 16.4. The van der Waals surface area contributed by atoms with E-state index >= 15 is 0 Å². The fraction of sp³-hybridized carbons (Fsp3) is 0.400. The minimum absolute atomic E-state index is 0.0567. The fourth-order valence-electron chi connectivity index (χ4n) is 2.06. The van der Waals surface area contributed by atoms with E-state index in [4.69, 9.17) is 5.73 Å². The highest BCUT2D eigenvalue weighted by Gasteiger charge is 2.09. The molecule has 0 saturated carbocycles. The summed E-state index contributed by atoms with van der Waals surface area (Å²) in [5.41, 5.74) is 7.33. The molecule has 1 fully saturated rings. The van der Waals surface area contributed by atoms with Crippen LogP contribution in [0.25, 0.3) is 6.08 Å². The Hall–Kier alpha value is -1.46. The molecule has 5 heteroatoms. The third-order valence-corrected chi connectivity index (χ3v) is 4.11. The van der Waals surface area contributed by atoms with Gasteiger partial charge in [-0.1, -0.05) is 12.1 Å². The van der Waals surface area contributed by atoms with Gasteiger partial charge in [0.05, 0.1) is 0 Å². The number of nitrogens with zero attached hydrogens (tertiary/aromatic N) is 1. The Balaban J connectivity index is 1.69. The highest BCUT2D eigenvalue weighted by molar-refractivity contribution is 7.99. The Morgan fingerprint density at radius 1 is 1.40 bits per heavy atom. The first-order valence-electron chi connectivity index (χ1n) is 6.85. The molecule has 108 valence electrons. The van der Waals surface area contributed by atoms with Crippen LogP contribution in [0.2, 0.25) is 0 Å². The van der Waals surface area contributed by atoms with Crippen molar-refractivity contribution >= 4 is 29.4 Å². The maximum Gasteiger partial charge on any atom is 0.244 e. The Kier molecular flexibility index (Phi) is 5.95. The number of hydrogen-bond acceptors (Lipinski definition) is 4. The number of carbonyl (C=O) groups is 1. The number of nitrogens with two attached hydrogens (primary N) is 1. The summed E-state index contributed by atoms with van der Waals surface area (Å²) >= 11 is 1.99. The molecule has 0 atom stereocenters. The van der Waals surface area contributed by atoms with Crippen LogP contribution < -0.4 is 11.1 Å². The number of rotatable bonds is 5. The van der Waals surface area contributed by atoms with E-state index in [1.54, 1.807) is 12.2 Å². The minimum Gasteiger partial charge on any atom is -0.399 e. The lowest BCUT2D eigenvalue weighted by molar-refractivity contribution is -0.116. The van der Waals surface area contributed by atoms with Crippen LogP contribution in [0.3, 0.4) is 0 Å². The molecule has 2 rings (SSSR count). The number of thioether (sulfide) groups is 1. The lowest BCUT2D eigenvalue weighted by Crippen LogP contribution is -2.38. The Labute approximate surface area is 124 Å². The first-order valence-corrected chi connectivity index (χ1v) is 8.01. The number of hydrogen-bond donors (Lipinski definition) is 2. The second kappa shape index (κ2) is 7.97. The van der Waals surface area contributed by atoms with E-state index in [2.05, 4.69) is 10.2 Å². The number of carbonyl (C=O) groups excluding carboxylic acids is 1.